The van der Waals surface area contributed by atoms with Crippen LogP contribution in [0.3, 0.4) is 0 Å². The van der Waals surface area contributed by atoms with Crippen molar-refractivity contribution in [2.75, 3.05) is 23.0 Å². The monoisotopic (exact) mass is 573 g/mol. The number of fused-ring (bicyclic) bond motifs is 2. The van der Waals surface area contributed by atoms with Gasteiger partial charge in [0.1, 0.15) is 12.7 Å². The topological polar surface area (TPSA) is 101 Å². The number of anilines is 2. The number of nitrogens with two attached hydrogens (primary N) is 1. The lowest BCUT2D eigenvalue weighted by Gasteiger charge is -2.37. The van der Waals surface area contributed by atoms with E-state index in [-0.39, 0.29) is 24.8 Å². The van der Waals surface area contributed by atoms with E-state index in [9.17, 15) is 18.8 Å². The first-order valence-electron chi connectivity index (χ1n) is 13.9. The summed E-state index contributed by atoms with van der Waals surface area (Å²) in [5, 5.41) is 7.80. The molecular weight excluding hydrogens is 541 g/mol. The summed E-state index contributed by atoms with van der Waals surface area (Å²) >= 11 is 1.55. The van der Waals surface area contributed by atoms with E-state index < -0.39 is 24.7 Å². The van der Waals surface area contributed by atoms with Gasteiger partial charge in [-0.2, -0.15) is 11.3 Å². The minimum absolute atomic E-state index is 0.0515. The summed E-state index contributed by atoms with van der Waals surface area (Å²) in [6.07, 6.45) is 3.68. The molecule has 41 heavy (non-hydrogen) atoms. The zero-order valence-electron chi connectivity index (χ0n) is 22.6. The van der Waals surface area contributed by atoms with Crippen LogP contribution in [0.1, 0.15) is 29.5 Å². The van der Waals surface area contributed by atoms with Gasteiger partial charge in [0.2, 0.25) is 17.7 Å². The van der Waals surface area contributed by atoms with Gasteiger partial charge in [0.05, 0.1) is 30.5 Å². The van der Waals surface area contributed by atoms with Crippen LogP contribution in [0.25, 0.3) is 10.9 Å². The third-order valence-electron chi connectivity index (χ3n) is 7.93. The van der Waals surface area contributed by atoms with Crippen molar-refractivity contribution in [3.63, 3.8) is 0 Å². The largest absolute Gasteiger partial charge is 0.345 e. The first-order valence-corrected chi connectivity index (χ1v) is 14.8. The van der Waals surface area contributed by atoms with E-state index in [1.165, 1.54) is 0 Å². The average Bonchev–Trinajstić information content (AvgIpc) is 3.72. The molecule has 1 fully saturated rings. The van der Waals surface area contributed by atoms with Gasteiger partial charge in [-0.25, -0.2) is 4.39 Å². The number of carbonyl (C=O) groups is 3. The highest BCUT2D eigenvalue weighted by atomic mass is 32.1. The molecule has 212 valence electrons. The van der Waals surface area contributed by atoms with E-state index in [0.29, 0.717) is 25.9 Å². The number of carbonyl (C=O) groups excluding carboxylic acids is 3. The minimum atomic E-state index is -0.896. The highest BCUT2D eigenvalue weighted by molar-refractivity contribution is 7.07. The maximum atomic E-state index is 14.0. The van der Waals surface area contributed by atoms with Crippen LogP contribution in [0, 0.1) is 0 Å². The summed E-state index contributed by atoms with van der Waals surface area (Å²) in [4.78, 5) is 43.4. The Morgan fingerprint density at radius 2 is 2.00 bits per heavy atom. The molecule has 2 aromatic carbocycles. The Morgan fingerprint density at radius 1 is 1.15 bits per heavy atom. The number of benzene rings is 2. The molecule has 0 saturated carbocycles. The fourth-order valence-corrected chi connectivity index (χ4v) is 6.64. The molecule has 3 N–H and O–H groups in total. The number of nitrogens with one attached hydrogen (secondary N) is 1. The molecule has 1 saturated heterocycles. The Kier molecular flexibility index (Phi) is 7.59. The zero-order chi connectivity index (χ0) is 28.5. The van der Waals surface area contributed by atoms with Crippen molar-refractivity contribution in [2.45, 2.75) is 50.9 Å². The maximum Gasteiger partial charge on any atom is 0.250 e. The molecule has 4 heterocycles. The van der Waals surface area contributed by atoms with Crippen molar-refractivity contribution < 1.29 is 18.8 Å². The minimum Gasteiger partial charge on any atom is -0.345 e. The van der Waals surface area contributed by atoms with Gasteiger partial charge < -0.3 is 25.4 Å². The Morgan fingerprint density at radius 3 is 2.76 bits per heavy atom. The number of thiophene rings is 1. The number of hydrogen-bond acceptors (Lipinski definition) is 5. The highest BCUT2D eigenvalue weighted by Crippen LogP contribution is 2.40. The predicted molar refractivity (Wildman–Crippen MR) is 159 cm³/mol. The molecule has 2 aliphatic rings. The van der Waals surface area contributed by atoms with Gasteiger partial charge in [-0.3, -0.25) is 14.4 Å². The SMILES string of the molecule is NC(Cc1cn(CCF)c2ccccc12)C(=O)NC1Cc2cccc(N3CCCC3=O)c2N(Cc2ccsc2)C1=O. The number of amides is 3. The van der Waals surface area contributed by atoms with Gasteiger partial charge in [0.25, 0.3) is 0 Å². The maximum absolute atomic E-state index is 14.0. The number of para-hydroxylation sites is 2. The number of aromatic nitrogens is 1. The Labute approximate surface area is 241 Å². The number of nitrogens with zero attached hydrogens (tertiary/aromatic N) is 3. The molecule has 4 aromatic rings. The lowest BCUT2D eigenvalue weighted by atomic mass is 9.94. The fraction of sp³-hybridized carbons (Fsp3) is 0.323. The van der Waals surface area contributed by atoms with Crippen molar-refractivity contribution in [2.24, 2.45) is 5.73 Å². The molecular formula is C31H32FN5O3S. The number of halogens is 1. The molecule has 0 spiro atoms. The van der Waals surface area contributed by atoms with Crippen molar-refractivity contribution in [3.8, 4) is 0 Å². The van der Waals surface area contributed by atoms with Gasteiger partial charge in [0.15, 0.2) is 0 Å². The predicted octanol–water partition coefficient (Wildman–Crippen LogP) is 3.94. The van der Waals surface area contributed by atoms with Crippen LogP contribution < -0.4 is 20.9 Å². The Balaban J connectivity index is 1.26. The summed E-state index contributed by atoms with van der Waals surface area (Å²) in [5.74, 6) is -0.603. The lowest BCUT2D eigenvalue weighted by molar-refractivity contribution is -0.128. The average molecular weight is 574 g/mol. The second-order valence-electron chi connectivity index (χ2n) is 10.6. The van der Waals surface area contributed by atoms with E-state index in [4.69, 9.17) is 5.73 Å². The second-order valence-corrected chi connectivity index (χ2v) is 11.4. The second kappa shape index (κ2) is 11.5. The van der Waals surface area contributed by atoms with Crippen LogP contribution in [-0.4, -0.2) is 47.6 Å². The van der Waals surface area contributed by atoms with Crippen molar-refractivity contribution in [3.05, 3.63) is 82.2 Å². The molecule has 2 aromatic heterocycles. The molecule has 8 nitrogen and oxygen atoms in total. The summed E-state index contributed by atoms with van der Waals surface area (Å²) in [7, 11) is 0. The number of aryl methyl sites for hydroxylation is 1. The smallest absolute Gasteiger partial charge is 0.250 e. The van der Waals surface area contributed by atoms with Crippen molar-refractivity contribution in [1.29, 1.82) is 0 Å². The first kappa shape index (κ1) is 27.2. The summed E-state index contributed by atoms with van der Waals surface area (Å²) < 4.78 is 15.0. The molecule has 0 aliphatic carbocycles. The van der Waals surface area contributed by atoms with Crippen LogP contribution in [0.15, 0.2) is 65.5 Å². The number of hydrogen-bond donors (Lipinski definition) is 2. The molecule has 2 aliphatic heterocycles. The lowest BCUT2D eigenvalue weighted by Crippen LogP contribution is -2.56. The fourth-order valence-electron chi connectivity index (χ4n) is 5.99. The van der Waals surface area contributed by atoms with Crippen molar-refractivity contribution >= 4 is 51.3 Å². The summed E-state index contributed by atoms with van der Waals surface area (Å²) in [6.45, 7) is 0.682. The molecule has 10 heteroatoms. The van der Waals surface area contributed by atoms with E-state index in [1.807, 2.05) is 70.1 Å². The first-order chi connectivity index (χ1) is 19.9. The zero-order valence-corrected chi connectivity index (χ0v) is 23.4. The summed E-state index contributed by atoms with van der Waals surface area (Å²) in [5.41, 5.74) is 11.5. The van der Waals surface area contributed by atoms with Crippen LogP contribution in [-0.2, 0) is 40.3 Å². The van der Waals surface area contributed by atoms with Gasteiger partial charge in [-0.05, 0) is 58.5 Å². The molecule has 6 rings (SSSR count). The standard InChI is InChI=1S/C31H32FN5O3S/c32-11-13-35-18-22(23-6-1-2-7-26(23)35)15-24(33)30(39)34-25-16-21-5-3-8-27(36-12-4-9-28(36)38)29(21)37(31(25)40)17-20-10-14-41-19-20/h1-3,5-8,10,14,18-19,24-25H,4,9,11-13,15-17,33H2,(H,34,39). The third-order valence-corrected chi connectivity index (χ3v) is 8.66. The van der Waals surface area contributed by atoms with E-state index in [2.05, 4.69) is 5.32 Å². The van der Waals surface area contributed by atoms with Crippen LogP contribution >= 0.6 is 11.3 Å². The highest BCUT2D eigenvalue weighted by Gasteiger charge is 2.38. The normalized spacial score (nSPS) is 17.8. The van der Waals surface area contributed by atoms with Crippen LogP contribution in [0.4, 0.5) is 15.8 Å². The molecule has 3 amide bonds. The molecule has 0 bridgehead atoms. The quantitative estimate of drug-likeness (QED) is 0.317. The number of alkyl halides is 1. The Bertz CT molecular complexity index is 1600. The van der Waals surface area contributed by atoms with Crippen LogP contribution in [0.2, 0.25) is 0 Å². The number of rotatable bonds is 9. The van der Waals surface area contributed by atoms with E-state index in [1.54, 1.807) is 21.1 Å². The van der Waals surface area contributed by atoms with E-state index >= 15 is 0 Å². The summed E-state index contributed by atoms with van der Waals surface area (Å²) in [6, 6.07) is 13.7. The third kappa shape index (κ3) is 5.25. The molecule has 2 atom stereocenters. The molecule has 2 unspecified atom stereocenters. The van der Waals surface area contributed by atoms with E-state index in [0.717, 1.165) is 45.4 Å². The van der Waals surface area contributed by atoms with Gasteiger partial charge in [-0.1, -0.05) is 30.3 Å². The van der Waals surface area contributed by atoms with Gasteiger partial charge in [-0.15, -0.1) is 0 Å². The Hall–Kier alpha value is -4.02. The van der Waals surface area contributed by atoms with Crippen LogP contribution in [0.5, 0.6) is 0 Å². The van der Waals surface area contributed by atoms with Gasteiger partial charge >= 0.3 is 0 Å². The van der Waals surface area contributed by atoms with Gasteiger partial charge in [0, 0.05) is 36.5 Å². The molecule has 0 radical (unpaired) electrons. The van der Waals surface area contributed by atoms with Crippen molar-refractivity contribution in [1.82, 2.24) is 9.88 Å².